The Morgan fingerprint density at radius 3 is 2.76 bits per heavy atom. The van der Waals surface area contributed by atoms with Gasteiger partial charge in [-0.15, -0.1) is 0 Å². The quantitative estimate of drug-likeness (QED) is 0.718. The lowest BCUT2D eigenvalue weighted by Crippen LogP contribution is -2.21. The van der Waals surface area contributed by atoms with Crippen molar-refractivity contribution in [2.75, 3.05) is 0 Å². The Bertz CT molecular complexity index is 869. The summed E-state index contributed by atoms with van der Waals surface area (Å²) in [7, 11) is 0. The number of carbonyl (C=O) groups excluding carboxylic acids is 1. The topological polar surface area (TPSA) is 61.9 Å². The average Bonchev–Trinajstić information content (AvgIpc) is 3.29. The largest absolute Gasteiger partial charge is 0.468 e. The molecule has 2 heterocycles. The summed E-state index contributed by atoms with van der Waals surface area (Å²) in [6, 6.07) is 3.99. The average molecular weight is 336 g/mol. The Morgan fingerprint density at radius 1 is 1.16 bits per heavy atom. The van der Waals surface area contributed by atoms with Gasteiger partial charge in [0, 0.05) is 36.8 Å². The summed E-state index contributed by atoms with van der Waals surface area (Å²) in [6.45, 7) is 2.60. The van der Waals surface area contributed by atoms with E-state index in [-0.39, 0.29) is 12.0 Å². The van der Waals surface area contributed by atoms with Crippen molar-refractivity contribution in [2.24, 2.45) is 0 Å². The van der Waals surface area contributed by atoms with Crippen LogP contribution in [0.4, 0.5) is 0 Å². The van der Waals surface area contributed by atoms with Gasteiger partial charge in [0.05, 0.1) is 19.2 Å². The first-order valence-corrected chi connectivity index (χ1v) is 8.47. The highest BCUT2D eigenvalue weighted by molar-refractivity contribution is 5.98. The van der Waals surface area contributed by atoms with E-state index in [4.69, 9.17) is 4.74 Å². The number of Topliss-reactive ketones (excluding diaryl/α,β-unsaturated/α-hetero) is 1. The van der Waals surface area contributed by atoms with Crippen molar-refractivity contribution < 1.29 is 9.53 Å². The van der Waals surface area contributed by atoms with E-state index in [1.807, 2.05) is 40.6 Å². The third kappa shape index (κ3) is 3.20. The molecule has 0 saturated heterocycles. The molecule has 3 aromatic rings. The molecule has 6 heteroatoms. The zero-order valence-electron chi connectivity index (χ0n) is 14.1. The second-order valence-electron chi connectivity index (χ2n) is 6.39. The lowest BCUT2D eigenvalue weighted by molar-refractivity contribution is 0.0971. The molecule has 0 bridgehead atoms. The zero-order chi connectivity index (χ0) is 17.2. The van der Waals surface area contributed by atoms with Crippen LogP contribution in [0, 0.1) is 6.92 Å². The number of aromatic nitrogens is 4. The molecule has 1 aliphatic rings. The van der Waals surface area contributed by atoms with Gasteiger partial charge in [-0.05, 0) is 43.0 Å². The molecule has 0 saturated carbocycles. The van der Waals surface area contributed by atoms with Crippen molar-refractivity contribution in [1.29, 1.82) is 0 Å². The Morgan fingerprint density at radius 2 is 2.00 bits per heavy atom. The summed E-state index contributed by atoms with van der Waals surface area (Å²) in [4.78, 5) is 20.3. The van der Waals surface area contributed by atoms with Gasteiger partial charge in [0.2, 0.25) is 0 Å². The lowest BCUT2D eigenvalue weighted by atomic mass is 9.89. The Balaban J connectivity index is 1.65. The smallest absolute Gasteiger partial charge is 0.194 e. The number of ether oxygens (including phenoxy) is 1. The van der Waals surface area contributed by atoms with Gasteiger partial charge >= 0.3 is 0 Å². The van der Waals surface area contributed by atoms with Gasteiger partial charge in [-0.25, -0.2) is 9.97 Å². The van der Waals surface area contributed by atoms with Crippen LogP contribution in [0.3, 0.4) is 0 Å². The highest BCUT2D eigenvalue weighted by Gasteiger charge is 2.21. The summed E-state index contributed by atoms with van der Waals surface area (Å²) in [5, 5.41) is 0. The number of carbonyl (C=O) groups is 1. The summed E-state index contributed by atoms with van der Waals surface area (Å²) in [6.07, 6.45) is 13.0. The fourth-order valence-corrected chi connectivity index (χ4v) is 3.25. The number of aryl methyl sites for hydroxylation is 2. The van der Waals surface area contributed by atoms with Gasteiger partial charge in [0.25, 0.3) is 0 Å². The van der Waals surface area contributed by atoms with Gasteiger partial charge in [-0.1, -0.05) is 0 Å². The summed E-state index contributed by atoms with van der Waals surface area (Å²) in [5.41, 5.74) is 2.92. The number of imidazole rings is 2. The molecule has 25 heavy (non-hydrogen) atoms. The van der Waals surface area contributed by atoms with E-state index >= 15 is 0 Å². The van der Waals surface area contributed by atoms with E-state index in [2.05, 4.69) is 9.97 Å². The maximum absolute atomic E-state index is 12.1. The Hall–Kier alpha value is -2.89. The van der Waals surface area contributed by atoms with Crippen LogP contribution in [0.25, 0.3) is 0 Å². The van der Waals surface area contributed by atoms with E-state index in [0.29, 0.717) is 13.0 Å². The molecule has 4 rings (SSSR count). The fourth-order valence-electron chi connectivity index (χ4n) is 3.25. The molecule has 1 unspecified atom stereocenters. The minimum atomic E-state index is -0.243. The SMILES string of the molecule is Cc1cc2c(cc1OC(Cn1ccnc1)n1ccnc1)CCCC2=O. The third-order valence-corrected chi connectivity index (χ3v) is 4.60. The molecule has 2 aromatic heterocycles. The molecule has 0 amide bonds. The number of rotatable bonds is 5. The van der Waals surface area contributed by atoms with E-state index in [1.165, 1.54) is 0 Å². The maximum Gasteiger partial charge on any atom is 0.194 e. The van der Waals surface area contributed by atoms with Crippen LogP contribution in [0.5, 0.6) is 5.75 Å². The molecular formula is C19H20N4O2. The highest BCUT2D eigenvalue weighted by atomic mass is 16.5. The van der Waals surface area contributed by atoms with Crippen LogP contribution in [-0.2, 0) is 13.0 Å². The first-order chi connectivity index (χ1) is 12.2. The highest BCUT2D eigenvalue weighted by Crippen LogP contribution is 2.31. The van der Waals surface area contributed by atoms with Crippen LogP contribution >= 0.6 is 0 Å². The van der Waals surface area contributed by atoms with Crippen LogP contribution in [-0.4, -0.2) is 24.9 Å². The van der Waals surface area contributed by atoms with E-state index in [0.717, 1.165) is 35.3 Å². The van der Waals surface area contributed by atoms with Crippen LogP contribution < -0.4 is 4.74 Å². The molecule has 0 aliphatic heterocycles. The van der Waals surface area contributed by atoms with Crippen molar-refractivity contribution in [1.82, 2.24) is 19.1 Å². The van der Waals surface area contributed by atoms with Gasteiger partial charge in [0.15, 0.2) is 12.0 Å². The number of fused-ring (bicyclic) bond motifs is 1. The molecule has 1 atom stereocenters. The van der Waals surface area contributed by atoms with Gasteiger partial charge in [-0.3, -0.25) is 9.36 Å². The number of nitrogens with zero attached hydrogens (tertiary/aromatic N) is 4. The second-order valence-corrected chi connectivity index (χ2v) is 6.39. The van der Waals surface area contributed by atoms with Gasteiger partial charge in [-0.2, -0.15) is 0 Å². The maximum atomic E-state index is 12.1. The molecule has 1 aliphatic carbocycles. The Kier molecular flexibility index (Phi) is 4.09. The number of hydrogen-bond acceptors (Lipinski definition) is 4. The van der Waals surface area contributed by atoms with Crippen LogP contribution in [0.15, 0.2) is 49.6 Å². The molecule has 6 nitrogen and oxygen atoms in total. The molecule has 0 fully saturated rings. The minimum Gasteiger partial charge on any atom is -0.468 e. The molecular weight excluding hydrogens is 316 g/mol. The minimum absolute atomic E-state index is 0.237. The normalized spacial score (nSPS) is 15.0. The van der Waals surface area contributed by atoms with Crippen molar-refractivity contribution in [3.05, 3.63) is 66.3 Å². The van der Waals surface area contributed by atoms with Crippen molar-refractivity contribution >= 4 is 5.78 Å². The van der Waals surface area contributed by atoms with E-state index < -0.39 is 0 Å². The molecule has 128 valence electrons. The second kappa shape index (κ2) is 6.55. The lowest BCUT2D eigenvalue weighted by Gasteiger charge is -2.24. The number of benzene rings is 1. The van der Waals surface area contributed by atoms with E-state index in [1.54, 1.807) is 25.0 Å². The standard InChI is InChI=1S/C19H20N4O2/c1-14-9-16-15(3-2-4-17(16)24)10-18(14)25-19(23-8-6-21-13-23)11-22-7-5-20-12-22/h5-10,12-13,19H,2-4,11H2,1H3. The van der Waals surface area contributed by atoms with Gasteiger partial charge < -0.3 is 9.30 Å². The molecule has 1 aromatic carbocycles. The predicted octanol–water partition coefficient (Wildman–Crippen LogP) is 3.18. The number of hydrogen-bond donors (Lipinski definition) is 0. The van der Waals surface area contributed by atoms with Crippen molar-refractivity contribution in [3.8, 4) is 5.75 Å². The monoisotopic (exact) mass is 336 g/mol. The van der Waals surface area contributed by atoms with Crippen LogP contribution in [0.2, 0.25) is 0 Å². The summed E-state index contributed by atoms with van der Waals surface area (Å²) in [5.74, 6) is 1.05. The number of ketones is 1. The molecule has 0 N–H and O–H groups in total. The van der Waals surface area contributed by atoms with Gasteiger partial charge in [0.1, 0.15) is 5.75 Å². The molecule has 0 spiro atoms. The Labute approximate surface area is 146 Å². The predicted molar refractivity (Wildman–Crippen MR) is 92.6 cm³/mol. The summed E-state index contributed by atoms with van der Waals surface area (Å²) < 4.78 is 10.2. The van der Waals surface area contributed by atoms with Crippen molar-refractivity contribution in [2.45, 2.75) is 39.0 Å². The summed E-state index contributed by atoms with van der Waals surface area (Å²) >= 11 is 0. The third-order valence-electron chi connectivity index (χ3n) is 4.60. The van der Waals surface area contributed by atoms with Crippen LogP contribution in [0.1, 0.15) is 40.6 Å². The first-order valence-electron chi connectivity index (χ1n) is 8.47. The van der Waals surface area contributed by atoms with Crippen molar-refractivity contribution in [3.63, 3.8) is 0 Å². The zero-order valence-corrected chi connectivity index (χ0v) is 14.1. The fraction of sp³-hybridized carbons (Fsp3) is 0.316. The molecule has 0 radical (unpaired) electrons. The van der Waals surface area contributed by atoms with E-state index in [9.17, 15) is 4.79 Å². The first kappa shape index (κ1) is 15.6.